The first-order chi connectivity index (χ1) is 11.9. The Hall–Kier alpha value is -1.95. The molecule has 0 fully saturated rings. The van der Waals surface area contributed by atoms with Crippen LogP contribution in [0.3, 0.4) is 0 Å². The highest BCUT2D eigenvalue weighted by Crippen LogP contribution is 2.23. The molecule has 6 heteroatoms. The molecule has 0 radical (unpaired) electrons. The number of halogens is 1. The molecule has 136 valence electrons. The van der Waals surface area contributed by atoms with E-state index >= 15 is 0 Å². The number of guanidine groups is 1. The van der Waals surface area contributed by atoms with Crippen LogP contribution in [-0.2, 0) is 18.3 Å². The number of benzene rings is 1. The molecule has 0 saturated heterocycles. The van der Waals surface area contributed by atoms with Gasteiger partial charge in [0.1, 0.15) is 5.82 Å². The molecule has 0 bridgehead atoms. The highest BCUT2D eigenvalue weighted by atomic mass is 32.1. The molecule has 0 spiro atoms. The maximum atomic E-state index is 13.2. The maximum absolute atomic E-state index is 13.2. The van der Waals surface area contributed by atoms with Gasteiger partial charge in [-0.25, -0.2) is 9.37 Å². The summed E-state index contributed by atoms with van der Waals surface area (Å²) in [6, 6.07) is 6.68. The summed E-state index contributed by atoms with van der Waals surface area (Å²) in [6.07, 6.45) is 1.62. The fourth-order valence-electron chi connectivity index (χ4n) is 2.30. The Bertz CT molecular complexity index is 703. The van der Waals surface area contributed by atoms with Crippen molar-refractivity contribution in [3.8, 4) is 0 Å². The van der Waals surface area contributed by atoms with Crippen molar-refractivity contribution in [2.24, 2.45) is 4.99 Å². The first-order valence-electron chi connectivity index (χ1n) is 8.52. The summed E-state index contributed by atoms with van der Waals surface area (Å²) in [5.41, 5.74) is 2.21. The predicted molar refractivity (Wildman–Crippen MR) is 104 cm³/mol. The van der Waals surface area contributed by atoms with E-state index in [1.165, 1.54) is 6.07 Å². The van der Waals surface area contributed by atoms with Gasteiger partial charge in [-0.3, -0.25) is 4.99 Å². The van der Waals surface area contributed by atoms with E-state index in [4.69, 9.17) is 4.98 Å². The first kappa shape index (κ1) is 19.4. The third-order valence-corrected chi connectivity index (χ3v) is 4.68. The molecular weight excluding hydrogens is 335 g/mol. The number of nitrogens with zero attached hydrogens (tertiary/aromatic N) is 2. The molecule has 1 aromatic carbocycles. The molecule has 0 atom stereocenters. The zero-order chi connectivity index (χ0) is 18.3. The van der Waals surface area contributed by atoms with Crippen LogP contribution in [0.25, 0.3) is 0 Å². The quantitative estimate of drug-likeness (QED) is 0.610. The molecule has 4 nitrogen and oxygen atoms in total. The van der Waals surface area contributed by atoms with E-state index in [-0.39, 0.29) is 11.2 Å². The van der Waals surface area contributed by atoms with Gasteiger partial charge >= 0.3 is 0 Å². The number of nitrogens with one attached hydrogen (secondary N) is 2. The minimum atomic E-state index is -0.196. The zero-order valence-corrected chi connectivity index (χ0v) is 16.2. The second-order valence-electron chi connectivity index (χ2n) is 6.93. The van der Waals surface area contributed by atoms with Crippen molar-refractivity contribution in [2.45, 2.75) is 39.0 Å². The second kappa shape index (κ2) is 8.94. The first-order valence-corrected chi connectivity index (χ1v) is 9.40. The third-order valence-electron chi connectivity index (χ3n) is 3.77. The van der Waals surface area contributed by atoms with E-state index in [2.05, 4.69) is 41.8 Å². The van der Waals surface area contributed by atoms with Gasteiger partial charge in [0.25, 0.3) is 0 Å². The molecule has 0 aliphatic heterocycles. The molecule has 2 N–H and O–H groups in total. The predicted octanol–water partition coefficient (Wildman–Crippen LogP) is 3.53. The van der Waals surface area contributed by atoms with E-state index in [0.717, 1.165) is 41.6 Å². The van der Waals surface area contributed by atoms with Crippen molar-refractivity contribution in [3.63, 3.8) is 0 Å². The normalized spacial score (nSPS) is 12.3. The standard InChI is InChI=1S/C19H27FN4S/c1-19(2,3)16-13-25-17(24-16)9-11-23-18(21-4)22-10-8-14-6-5-7-15(20)12-14/h5-7,12-13H,8-11H2,1-4H3,(H2,21,22,23). The highest BCUT2D eigenvalue weighted by Gasteiger charge is 2.17. The lowest BCUT2D eigenvalue weighted by molar-refractivity contribution is 0.570. The Balaban J connectivity index is 1.72. The Labute approximate surface area is 153 Å². The van der Waals surface area contributed by atoms with Crippen molar-refractivity contribution in [1.29, 1.82) is 0 Å². The summed E-state index contributed by atoms with van der Waals surface area (Å²) in [5, 5.41) is 9.82. The van der Waals surface area contributed by atoms with Gasteiger partial charge in [-0.2, -0.15) is 0 Å². The van der Waals surface area contributed by atoms with Gasteiger partial charge in [-0.1, -0.05) is 32.9 Å². The van der Waals surface area contributed by atoms with Crippen LogP contribution in [0.4, 0.5) is 4.39 Å². The van der Waals surface area contributed by atoms with Crippen molar-refractivity contribution in [1.82, 2.24) is 15.6 Å². The minimum absolute atomic E-state index is 0.0939. The van der Waals surface area contributed by atoms with Crippen molar-refractivity contribution < 1.29 is 4.39 Å². The topological polar surface area (TPSA) is 49.3 Å². The fourth-order valence-corrected chi connectivity index (χ4v) is 3.32. The highest BCUT2D eigenvalue weighted by molar-refractivity contribution is 7.09. The van der Waals surface area contributed by atoms with E-state index in [0.29, 0.717) is 6.54 Å². The molecule has 25 heavy (non-hydrogen) atoms. The zero-order valence-electron chi connectivity index (χ0n) is 15.4. The Morgan fingerprint density at radius 3 is 2.52 bits per heavy atom. The molecule has 0 saturated carbocycles. The van der Waals surface area contributed by atoms with Crippen molar-refractivity contribution in [2.75, 3.05) is 20.1 Å². The monoisotopic (exact) mass is 362 g/mol. The van der Waals surface area contributed by atoms with E-state index in [1.54, 1.807) is 30.5 Å². The summed E-state index contributed by atoms with van der Waals surface area (Å²) < 4.78 is 13.2. The van der Waals surface area contributed by atoms with Crippen LogP contribution < -0.4 is 10.6 Å². The van der Waals surface area contributed by atoms with Gasteiger partial charge in [-0.15, -0.1) is 11.3 Å². The summed E-state index contributed by atoms with van der Waals surface area (Å²) in [6.45, 7) is 8.00. The molecule has 0 unspecified atom stereocenters. The van der Waals surface area contributed by atoms with Crippen LogP contribution in [0.2, 0.25) is 0 Å². The van der Waals surface area contributed by atoms with Crippen LogP contribution in [0.1, 0.15) is 37.0 Å². The van der Waals surface area contributed by atoms with E-state index in [1.807, 2.05) is 6.07 Å². The van der Waals surface area contributed by atoms with Crippen molar-refractivity contribution >= 4 is 17.3 Å². The molecule has 0 amide bonds. The summed E-state index contributed by atoms with van der Waals surface area (Å²) in [4.78, 5) is 8.91. The lowest BCUT2D eigenvalue weighted by Crippen LogP contribution is -2.39. The Morgan fingerprint density at radius 1 is 1.20 bits per heavy atom. The number of aromatic nitrogens is 1. The number of aliphatic imine (C=N–C) groups is 1. The number of thiazole rings is 1. The minimum Gasteiger partial charge on any atom is -0.356 e. The second-order valence-corrected chi connectivity index (χ2v) is 7.87. The summed E-state index contributed by atoms with van der Waals surface area (Å²) in [7, 11) is 1.75. The smallest absolute Gasteiger partial charge is 0.191 e. The molecular formula is C19H27FN4S. The average molecular weight is 363 g/mol. The van der Waals surface area contributed by atoms with Gasteiger partial charge in [0.15, 0.2) is 5.96 Å². The van der Waals surface area contributed by atoms with Crippen molar-refractivity contribution in [3.05, 3.63) is 51.7 Å². The molecule has 0 aliphatic carbocycles. The maximum Gasteiger partial charge on any atom is 0.191 e. The summed E-state index contributed by atoms with van der Waals surface area (Å²) in [5.74, 6) is 0.557. The lowest BCUT2D eigenvalue weighted by atomic mass is 9.93. The number of hydrogen-bond acceptors (Lipinski definition) is 3. The number of hydrogen-bond donors (Lipinski definition) is 2. The summed E-state index contributed by atoms with van der Waals surface area (Å²) >= 11 is 1.71. The molecule has 2 aromatic rings. The van der Waals surface area contributed by atoms with E-state index in [9.17, 15) is 4.39 Å². The Kier molecular flexibility index (Phi) is 6.93. The molecule has 0 aliphatic rings. The van der Waals surface area contributed by atoms with Crippen LogP contribution in [0.5, 0.6) is 0 Å². The lowest BCUT2D eigenvalue weighted by Gasteiger charge is -2.14. The van der Waals surface area contributed by atoms with Crippen LogP contribution in [0, 0.1) is 5.82 Å². The molecule has 1 aromatic heterocycles. The average Bonchev–Trinajstić information content (AvgIpc) is 3.02. The van der Waals surface area contributed by atoms with Crippen LogP contribution >= 0.6 is 11.3 Å². The van der Waals surface area contributed by atoms with Crippen LogP contribution in [-0.4, -0.2) is 31.1 Å². The van der Waals surface area contributed by atoms with Gasteiger partial charge in [0, 0.05) is 37.4 Å². The molecule has 1 heterocycles. The van der Waals surface area contributed by atoms with Gasteiger partial charge in [0.05, 0.1) is 10.7 Å². The fraction of sp³-hybridized carbons (Fsp3) is 0.474. The van der Waals surface area contributed by atoms with E-state index < -0.39 is 0 Å². The van der Waals surface area contributed by atoms with Gasteiger partial charge in [-0.05, 0) is 24.1 Å². The van der Waals surface area contributed by atoms with Crippen LogP contribution in [0.15, 0.2) is 34.6 Å². The largest absolute Gasteiger partial charge is 0.356 e. The SMILES string of the molecule is CN=C(NCCc1cccc(F)c1)NCCc1nc(C(C)(C)C)cs1. The molecule has 2 rings (SSSR count). The Morgan fingerprint density at radius 2 is 1.92 bits per heavy atom. The third kappa shape index (κ3) is 6.46. The number of rotatable bonds is 6. The van der Waals surface area contributed by atoms with Gasteiger partial charge < -0.3 is 10.6 Å². The van der Waals surface area contributed by atoms with Gasteiger partial charge in [0.2, 0.25) is 0 Å².